The van der Waals surface area contributed by atoms with Gasteiger partial charge in [-0.3, -0.25) is 0 Å². The number of hydrogen-bond acceptors (Lipinski definition) is 5. The number of methoxy groups -OCH3 is 1. The van der Waals surface area contributed by atoms with Crippen LogP contribution in [0.1, 0.15) is 5.56 Å². The van der Waals surface area contributed by atoms with Crippen LogP contribution in [-0.2, 0) is 4.74 Å². The fourth-order valence-electron chi connectivity index (χ4n) is 1.98. The lowest BCUT2D eigenvalue weighted by Crippen LogP contribution is -2.36. The van der Waals surface area contributed by atoms with Crippen molar-refractivity contribution in [2.24, 2.45) is 5.18 Å². The molecule has 0 aromatic heterocycles. The summed E-state index contributed by atoms with van der Waals surface area (Å²) < 4.78 is 10.6. The van der Waals surface area contributed by atoms with Crippen LogP contribution in [0.5, 0.6) is 5.75 Å². The van der Waals surface area contributed by atoms with E-state index in [9.17, 15) is 4.91 Å². The number of benzene rings is 1. The average molecular weight is 236 g/mol. The van der Waals surface area contributed by atoms with E-state index in [4.69, 9.17) is 9.47 Å². The minimum Gasteiger partial charge on any atom is -0.495 e. The molecule has 0 radical (unpaired) electrons. The Morgan fingerprint density at radius 1 is 1.35 bits per heavy atom. The number of rotatable bonds is 3. The van der Waals surface area contributed by atoms with Crippen LogP contribution in [0.25, 0.3) is 0 Å². The summed E-state index contributed by atoms with van der Waals surface area (Å²) in [7, 11) is 1.60. The van der Waals surface area contributed by atoms with Crippen LogP contribution in [0, 0.1) is 11.8 Å². The van der Waals surface area contributed by atoms with Gasteiger partial charge in [-0.05, 0) is 23.7 Å². The van der Waals surface area contributed by atoms with E-state index in [0.29, 0.717) is 11.4 Å². The van der Waals surface area contributed by atoms with Gasteiger partial charge in [-0.2, -0.15) is 0 Å². The van der Waals surface area contributed by atoms with E-state index in [1.165, 1.54) is 0 Å². The molecule has 0 saturated carbocycles. The number of anilines is 1. The molecule has 0 aliphatic carbocycles. The third-order valence-corrected chi connectivity index (χ3v) is 2.95. The third kappa shape index (κ3) is 2.39. The number of nitrogens with zero attached hydrogens (tertiary/aromatic N) is 2. The standard InChI is InChI=1S/C12H16N2O3/c1-9-7-11(14-3-5-17-6-4-14)12(16-2)8-10(9)13-15/h7-8H,3-6H2,1-2H3. The second kappa shape index (κ2) is 5.14. The molecule has 0 spiro atoms. The first-order valence-electron chi connectivity index (χ1n) is 5.61. The Bertz CT molecular complexity index is 414. The van der Waals surface area contributed by atoms with Crippen LogP contribution in [0.15, 0.2) is 17.3 Å². The molecule has 92 valence electrons. The SMILES string of the molecule is COc1cc(N=O)c(C)cc1N1CCOCC1. The smallest absolute Gasteiger partial charge is 0.144 e. The first-order chi connectivity index (χ1) is 8.26. The second-order valence-corrected chi connectivity index (χ2v) is 4.00. The van der Waals surface area contributed by atoms with E-state index in [2.05, 4.69) is 10.1 Å². The van der Waals surface area contributed by atoms with Gasteiger partial charge in [0, 0.05) is 19.2 Å². The summed E-state index contributed by atoms with van der Waals surface area (Å²) in [6, 6.07) is 3.63. The Labute approximate surface area is 100 Å². The average Bonchev–Trinajstić information content (AvgIpc) is 2.39. The molecule has 1 fully saturated rings. The summed E-state index contributed by atoms with van der Waals surface area (Å²) in [6.07, 6.45) is 0. The lowest BCUT2D eigenvalue weighted by Gasteiger charge is -2.30. The maximum absolute atomic E-state index is 10.6. The Balaban J connectivity index is 2.37. The molecule has 1 heterocycles. The molecule has 2 rings (SSSR count). The summed E-state index contributed by atoms with van der Waals surface area (Å²) in [6.45, 7) is 4.99. The predicted octanol–water partition coefficient (Wildman–Crippen LogP) is 2.24. The van der Waals surface area contributed by atoms with Gasteiger partial charge >= 0.3 is 0 Å². The van der Waals surface area contributed by atoms with Crippen molar-refractivity contribution < 1.29 is 9.47 Å². The zero-order chi connectivity index (χ0) is 12.3. The van der Waals surface area contributed by atoms with Crippen molar-refractivity contribution in [2.45, 2.75) is 6.92 Å². The molecule has 17 heavy (non-hydrogen) atoms. The highest BCUT2D eigenvalue weighted by atomic mass is 16.5. The summed E-state index contributed by atoms with van der Waals surface area (Å²) in [5.74, 6) is 0.687. The van der Waals surface area contributed by atoms with E-state index in [1.807, 2.05) is 13.0 Å². The molecular weight excluding hydrogens is 220 g/mol. The molecule has 1 aromatic rings. The van der Waals surface area contributed by atoms with Gasteiger partial charge in [0.15, 0.2) is 0 Å². The topological polar surface area (TPSA) is 51.1 Å². The Hall–Kier alpha value is -1.62. The molecule has 1 saturated heterocycles. The lowest BCUT2D eigenvalue weighted by atomic mass is 10.1. The van der Waals surface area contributed by atoms with E-state index in [-0.39, 0.29) is 0 Å². The van der Waals surface area contributed by atoms with Gasteiger partial charge in [0.25, 0.3) is 0 Å². The number of morpholine rings is 1. The van der Waals surface area contributed by atoms with Gasteiger partial charge in [0.2, 0.25) is 0 Å². The van der Waals surface area contributed by atoms with Gasteiger partial charge in [0.1, 0.15) is 11.4 Å². The van der Waals surface area contributed by atoms with E-state index < -0.39 is 0 Å². The number of hydrogen-bond donors (Lipinski definition) is 0. The van der Waals surface area contributed by atoms with Crippen LogP contribution in [0.2, 0.25) is 0 Å². The fourth-order valence-corrected chi connectivity index (χ4v) is 1.98. The molecular formula is C12H16N2O3. The van der Waals surface area contributed by atoms with Crippen molar-refractivity contribution in [3.63, 3.8) is 0 Å². The molecule has 5 heteroatoms. The molecule has 0 atom stereocenters. The van der Waals surface area contributed by atoms with Crippen LogP contribution in [0.3, 0.4) is 0 Å². The first-order valence-corrected chi connectivity index (χ1v) is 5.61. The Kier molecular flexibility index (Phi) is 3.58. The molecule has 0 amide bonds. The molecule has 1 aliphatic heterocycles. The third-order valence-electron chi connectivity index (χ3n) is 2.95. The fraction of sp³-hybridized carbons (Fsp3) is 0.500. The molecule has 0 unspecified atom stereocenters. The van der Waals surface area contributed by atoms with E-state index in [1.54, 1.807) is 13.2 Å². The lowest BCUT2D eigenvalue weighted by molar-refractivity contribution is 0.122. The molecule has 1 aromatic carbocycles. The van der Waals surface area contributed by atoms with Crippen LogP contribution in [-0.4, -0.2) is 33.4 Å². The van der Waals surface area contributed by atoms with Crippen LogP contribution < -0.4 is 9.64 Å². The number of ether oxygens (including phenoxy) is 2. The maximum atomic E-state index is 10.6. The highest BCUT2D eigenvalue weighted by Gasteiger charge is 2.17. The molecule has 1 aliphatic rings. The zero-order valence-electron chi connectivity index (χ0n) is 10.1. The maximum Gasteiger partial charge on any atom is 0.144 e. The summed E-state index contributed by atoms with van der Waals surface area (Å²) in [4.78, 5) is 12.8. The van der Waals surface area contributed by atoms with Crippen molar-refractivity contribution in [1.29, 1.82) is 0 Å². The van der Waals surface area contributed by atoms with Gasteiger partial charge < -0.3 is 14.4 Å². The van der Waals surface area contributed by atoms with Crippen molar-refractivity contribution >= 4 is 11.4 Å². The van der Waals surface area contributed by atoms with Gasteiger partial charge in [0.05, 0.1) is 26.0 Å². The van der Waals surface area contributed by atoms with E-state index >= 15 is 0 Å². The number of nitroso groups, excluding NO2 is 1. The summed E-state index contributed by atoms with van der Waals surface area (Å²) >= 11 is 0. The zero-order valence-corrected chi connectivity index (χ0v) is 10.1. The quantitative estimate of drug-likeness (QED) is 0.755. The normalized spacial score (nSPS) is 15.8. The monoisotopic (exact) mass is 236 g/mol. The van der Waals surface area contributed by atoms with Crippen molar-refractivity contribution in [3.05, 3.63) is 22.6 Å². The van der Waals surface area contributed by atoms with Gasteiger partial charge in [-0.25, -0.2) is 0 Å². The second-order valence-electron chi connectivity index (χ2n) is 4.00. The van der Waals surface area contributed by atoms with Crippen molar-refractivity contribution in [2.75, 3.05) is 38.3 Å². The van der Waals surface area contributed by atoms with Crippen molar-refractivity contribution in [1.82, 2.24) is 0 Å². The highest BCUT2D eigenvalue weighted by molar-refractivity contribution is 5.67. The largest absolute Gasteiger partial charge is 0.495 e. The highest BCUT2D eigenvalue weighted by Crippen LogP contribution is 2.35. The van der Waals surface area contributed by atoms with Gasteiger partial charge in [-0.15, -0.1) is 4.91 Å². The summed E-state index contributed by atoms with van der Waals surface area (Å²) in [5.41, 5.74) is 2.29. The summed E-state index contributed by atoms with van der Waals surface area (Å²) in [5, 5.41) is 2.99. The molecule has 5 nitrogen and oxygen atoms in total. The molecule has 0 bridgehead atoms. The van der Waals surface area contributed by atoms with Gasteiger partial charge in [-0.1, -0.05) is 0 Å². The van der Waals surface area contributed by atoms with E-state index in [0.717, 1.165) is 37.6 Å². The Morgan fingerprint density at radius 2 is 2.06 bits per heavy atom. The minimum atomic E-state index is 0.429. The van der Waals surface area contributed by atoms with Crippen LogP contribution in [0.4, 0.5) is 11.4 Å². The minimum absolute atomic E-state index is 0.429. The molecule has 0 N–H and O–H groups in total. The van der Waals surface area contributed by atoms with Crippen molar-refractivity contribution in [3.8, 4) is 5.75 Å². The predicted molar refractivity (Wildman–Crippen MR) is 66.2 cm³/mol. The first kappa shape index (κ1) is 11.9. The van der Waals surface area contributed by atoms with Crippen LogP contribution >= 0.6 is 0 Å². The number of aryl methyl sites for hydroxylation is 1. The Morgan fingerprint density at radius 3 is 2.65 bits per heavy atom.